The van der Waals surface area contributed by atoms with Crippen LogP contribution in [-0.2, 0) is 21.4 Å². The number of amides is 1. The number of nitrogens with one attached hydrogen (secondary N) is 2. The first-order valence-corrected chi connectivity index (χ1v) is 10.9. The van der Waals surface area contributed by atoms with Crippen molar-refractivity contribution in [1.29, 1.82) is 5.26 Å². The fraction of sp³-hybridized carbons (Fsp3) is 0.333. The second-order valence-corrected chi connectivity index (χ2v) is 8.41. The molecule has 0 aromatic heterocycles. The highest BCUT2D eigenvalue weighted by Gasteiger charge is 2.16. The van der Waals surface area contributed by atoms with E-state index in [1.54, 1.807) is 51.1 Å². The van der Waals surface area contributed by atoms with Crippen LogP contribution in [-0.4, -0.2) is 33.6 Å². The predicted molar refractivity (Wildman–Crippen MR) is 112 cm³/mol. The average Bonchev–Trinajstić information content (AvgIpc) is 2.70. The van der Waals surface area contributed by atoms with Gasteiger partial charge >= 0.3 is 0 Å². The predicted octanol–water partition coefficient (Wildman–Crippen LogP) is 2.34. The minimum absolute atomic E-state index is 0.137. The van der Waals surface area contributed by atoms with Gasteiger partial charge in [0.2, 0.25) is 10.0 Å². The van der Waals surface area contributed by atoms with Crippen molar-refractivity contribution in [2.45, 2.75) is 38.3 Å². The van der Waals surface area contributed by atoms with Gasteiger partial charge in [0.1, 0.15) is 0 Å². The molecule has 0 fully saturated rings. The minimum atomic E-state index is -3.61. The van der Waals surface area contributed by atoms with Crippen LogP contribution >= 0.6 is 0 Å². The Labute approximate surface area is 176 Å². The van der Waals surface area contributed by atoms with E-state index in [-0.39, 0.29) is 30.0 Å². The summed E-state index contributed by atoms with van der Waals surface area (Å²) in [7, 11) is -3.61. The second-order valence-electron chi connectivity index (χ2n) is 6.70. The summed E-state index contributed by atoms with van der Waals surface area (Å²) >= 11 is 0. The summed E-state index contributed by atoms with van der Waals surface area (Å²) in [6, 6.07) is 12.9. The van der Waals surface area contributed by atoms with E-state index >= 15 is 0 Å². The van der Waals surface area contributed by atoms with E-state index in [1.165, 1.54) is 12.1 Å². The molecule has 0 aliphatic heterocycles. The standard InChI is InChI=1S/C21H25N3O5S/c1-4-28-20-11-16(12-22)8-9-19(20)29-14-21(25)23-13-17-6-5-7-18(10-17)30(26,27)24-15(2)3/h5-11,15,24H,4,13-14H2,1-3H3,(H,23,25). The lowest BCUT2D eigenvalue weighted by Crippen LogP contribution is -2.30. The molecule has 0 heterocycles. The zero-order valence-electron chi connectivity index (χ0n) is 17.1. The summed E-state index contributed by atoms with van der Waals surface area (Å²) in [4.78, 5) is 12.3. The van der Waals surface area contributed by atoms with Crippen molar-refractivity contribution in [1.82, 2.24) is 10.0 Å². The molecule has 0 aliphatic carbocycles. The van der Waals surface area contributed by atoms with Gasteiger partial charge in [0.25, 0.3) is 5.91 Å². The summed E-state index contributed by atoms with van der Waals surface area (Å²) in [6.07, 6.45) is 0. The third-order valence-corrected chi connectivity index (χ3v) is 5.48. The monoisotopic (exact) mass is 431 g/mol. The van der Waals surface area contributed by atoms with Gasteiger partial charge in [-0.25, -0.2) is 13.1 Å². The summed E-state index contributed by atoms with van der Waals surface area (Å²) in [5.41, 5.74) is 1.07. The Morgan fingerprint density at radius 3 is 2.57 bits per heavy atom. The normalized spacial score (nSPS) is 11.0. The lowest BCUT2D eigenvalue weighted by atomic mass is 10.2. The number of carbonyl (C=O) groups is 1. The SMILES string of the molecule is CCOc1cc(C#N)ccc1OCC(=O)NCc1cccc(S(=O)(=O)NC(C)C)c1. The van der Waals surface area contributed by atoms with Crippen LogP contribution in [0.1, 0.15) is 31.9 Å². The fourth-order valence-corrected chi connectivity index (χ4v) is 3.88. The smallest absolute Gasteiger partial charge is 0.258 e. The van der Waals surface area contributed by atoms with Crippen molar-refractivity contribution < 1.29 is 22.7 Å². The third kappa shape index (κ3) is 6.76. The summed E-state index contributed by atoms with van der Waals surface area (Å²) in [6.45, 7) is 5.58. The maximum atomic E-state index is 12.3. The molecule has 2 rings (SSSR count). The number of nitrogens with zero attached hydrogens (tertiary/aromatic N) is 1. The molecule has 0 atom stereocenters. The number of carbonyl (C=O) groups excluding carboxylic acids is 1. The van der Waals surface area contributed by atoms with Gasteiger partial charge < -0.3 is 14.8 Å². The quantitative estimate of drug-likeness (QED) is 0.596. The van der Waals surface area contributed by atoms with E-state index < -0.39 is 10.0 Å². The molecule has 0 bridgehead atoms. The molecule has 9 heteroatoms. The third-order valence-electron chi connectivity index (χ3n) is 3.82. The van der Waals surface area contributed by atoms with E-state index in [0.717, 1.165) is 0 Å². The van der Waals surface area contributed by atoms with Crippen molar-refractivity contribution >= 4 is 15.9 Å². The minimum Gasteiger partial charge on any atom is -0.490 e. The summed E-state index contributed by atoms with van der Waals surface area (Å²) < 4.78 is 38.0. The zero-order chi connectivity index (χ0) is 22.1. The van der Waals surface area contributed by atoms with Gasteiger partial charge in [-0.05, 0) is 50.6 Å². The fourth-order valence-electron chi connectivity index (χ4n) is 2.56. The summed E-state index contributed by atoms with van der Waals surface area (Å²) in [5.74, 6) is 0.370. The first-order valence-electron chi connectivity index (χ1n) is 9.43. The van der Waals surface area contributed by atoms with Crippen LogP contribution < -0.4 is 19.5 Å². The van der Waals surface area contributed by atoms with Gasteiger partial charge in [0, 0.05) is 18.7 Å². The molecule has 2 aromatic carbocycles. The van der Waals surface area contributed by atoms with Crippen LogP contribution in [0.5, 0.6) is 11.5 Å². The van der Waals surface area contributed by atoms with E-state index in [0.29, 0.717) is 29.2 Å². The number of hydrogen-bond acceptors (Lipinski definition) is 6. The highest BCUT2D eigenvalue weighted by Crippen LogP contribution is 2.28. The highest BCUT2D eigenvalue weighted by molar-refractivity contribution is 7.89. The van der Waals surface area contributed by atoms with Crippen LogP contribution in [0.15, 0.2) is 47.4 Å². The molecule has 0 aliphatic rings. The Bertz CT molecular complexity index is 1030. The Balaban J connectivity index is 1.96. The Morgan fingerprint density at radius 2 is 1.90 bits per heavy atom. The van der Waals surface area contributed by atoms with E-state index in [9.17, 15) is 13.2 Å². The van der Waals surface area contributed by atoms with Crippen molar-refractivity contribution in [3.8, 4) is 17.6 Å². The van der Waals surface area contributed by atoms with E-state index in [2.05, 4.69) is 10.0 Å². The van der Waals surface area contributed by atoms with Gasteiger partial charge in [-0.3, -0.25) is 4.79 Å². The second kappa shape index (κ2) is 10.6. The largest absolute Gasteiger partial charge is 0.490 e. The van der Waals surface area contributed by atoms with Gasteiger partial charge in [-0.1, -0.05) is 12.1 Å². The Kier molecular flexibility index (Phi) is 8.21. The molecule has 30 heavy (non-hydrogen) atoms. The number of rotatable bonds is 10. The van der Waals surface area contributed by atoms with E-state index in [4.69, 9.17) is 14.7 Å². The van der Waals surface area contributed by atoms with Crippen molar-refractivity contribution in [2.24, 2.45) is 0 Å². The molecule has 2 aromatic rings. The van der Waals surface area contributed by atoms with Crippen LogP contribution in [0, 0.1) is 11.3 Å². The first-order chi connectivity index (χ1) is 14.2. The number of benzene rings is 2. The first kappa shape index (κ1) is 23.2. The average molecular weight is 432 g/mol. The highest BCUT2D eigenvalue weighted by atomic mass is 32.2. The number of nitriles is 1. The van der Waals surface area contributed by atoms with Gasteiger partial charge in [-0.2, -0.15) is 5.26 Å². The van der Waals surface area contributed by atoms with Gasteiger partial charge in [-0.15, -0.1) is 0 Å². The number of hydrogen-bond donors (Lipinski definition) is 2. The van der Waals surface area contributed by atoms with Gasteiger partial charge in [0.05, 0.1) is 23.1 Å². The van der Waals surface area contributed by atoms with Crippen LogP contribution in [0.2, 0.25) is 0 Å². The molecule has 0 unspecified atom stereocenters. The van der Waals surface area contributed by atoms with Crippen molar-refractivity contribution in [3.05, 3.63) is 53.6 Å². The zero-order valence-corrected chi connectivity index (χ0v) is 18.0. The topological polar surface area (TPSA) is 118 Å². The molecule has 1 amide bonds. The molecule has 0 saturated carbocycles. The summed E-state index contributed by atoms with van der Waals surface area (Å²) in [5, 5.41) is 11.7. The molecular weight excluding hydrogens is 406 g/mol. The number of ether oxygens (including phenoxy) is 2. The number of sulfonamides is 1. The lowest BCUT2D eigenvalue weighted by Gasteiger charge is -2.13. The maximum absolute atomic E-state index is 12.3. The molecule has 160 valence electrons. The molecule has 0 radical (unpaired) electrons. The van der Waals surface area contributed by atoms with Crippen molar-refractivity contribution in [3.63, 3.8) is 0 Å². The molecule has 0 spiro atoms. The maximum Gasteiger partial charge on any atom is 0.258 e. The van der Waals surface area contributed by atoms with Crippen molar-refractivity contribution in [2.75, 3.05) is 13.2 Å². The molecule has 0 saturated heterocycles. The van der Waals surface area contributed by atoms with Crippen LogP contribution in [0.25, 0.3) is 0 Å². The van der Waals surface area contributed by atoms with Crippen LogP contribution in [0.3, 0.4) is 0 Å². The van der Waals surface area contributed by atoms with E-state index in [1.807, 2.05) is 6.07 Å². The lowest BCUT2D eigenvalue weighted by molar-refractivity contribution is -0.123. The molecule has 2 N–H and O–H groups in total. The Hall–Kier alpha value is -3.09. The molecular formula is C21H25N3O5S. The Morgan fingerprint density at radius 1 is 1.13 bits per heavy atom. The van der Waals surface area contributed by atoms with Crippen LogP contribution in [0.4, 0.5) is 0 Å². The molecule has 8 nitrogen and oxygen atoms in total. The van der Waals surface area contributed by atoms with Gasteiger partial charge in [0.15, 0.2) is 18.1 Å².